The van der Waals surface area contributed by atoms with Gasteiger partial charge in [0.1, 0.15) is 5.75 Å². The van der Waals surface area contributed by atoms with Gasteiger partial charge in [-0.05, 0) is 48.2 Å². The quantitative estimate of drug-likeness (QED) is 0.641. The first-order valence-corrected chi connectivity index (χ1v) is 6.97. The summed E-state index contributed by atoms with van der Waals surface area (Å²) >= 11 is 5.38. The lowest BCUT2D eigenvalue weighted by Crippen LogP contribution is -2.11. The fourth-order valence-corrected chi connectivity index (χ4v) is 1.92. The second-order valence-electron chi connectivity index (χ2n) is 4.53. The fourth-order valence-electron chi connectivity index (χ4n) is 1.79. The van der Waals surface area contributed by atoms with Gasteiger partial charge in [0, 0.05) is 5.56 Å². The second-order valence-corrected chi connectivity index (χ2v) is 4.87. The fraction of sp³-hybridized carbons (Fsp3) is 0.533. The molecule has 0 amide bonds. The van der Waals surface area contributed by atoms with Crippen molar-refractivity contribution in [1.82, 2.24) is 0 Å². The smallest absolute Gasteiger partial charge is 0.252 e. The summed E-state index contributed by atoms with van der Waals surface area (Å²) in [6, 6.07) is 6.97. The maximum atomic E-state index is 10.9. The van der Waals surface area contributed by atoms with E-state index in [9.17, 15) is 4.79 Å². The average Bonchev–Trinajstić information content (AvgIpc) is 2.39. The molecule has 0 radical (unpaired) electrons. The van der Waals surface area contributed by atoms with E-state index in [4.69, 9.17) is 16.3 Å². The van der Waals surface area contributed by atoms with Crippen molar-refractivity contribution >= 4 is 16.8 Å². The molecule has 0 spiro atoms. The summed E-state index contributed by atoms with van der Waals surface area (Å²) in [4.78, 5) is 10.9. The number of ether oxygens (including phenoxy) is 1. The van der Waals surface area contributed by atoms with Crippen LogP contribution in [0.25, 0.3) is 0 Å². The third-order valence-electron chi connectivity index (χ3n) is 3.11. The van der Waals surface area contributed by atoms with Crippen molar-refractivity contribution in [2.75, 3.05) is 6.61 Å². The summed E-state index contributed by atoms with van der Waals surface area (Å²) in [5.41, 5.74) is 0.502. The zero-order chi connectivity index (χ0) is 13.4. The minimum atomic E-state index is -0.434. The van der Waals surface area contributed by atoms with E-state index in [0.29, 0.717) is 11.5 Å². The Morgan fingerprint density at radius 3 is 2.44 bits per heavy atom. The van der Waals surface area contributed by atoms with Crippen LogP contribution in [-0.4, -0.2) is 11.8 Å². The second kappa shape index (κ2) is 8.15. The lowest BCUT2D eigenvalue weighted by molar-refractivity contribution is 0.108. The highest BCUT2D eigenvalue weighted by Gasteiger charge is 2.07. The Hall–Kier alpha value is -1.02. The number of rotatable bonds is 8. The first-order valence-electron chi connectivity index (χ1n) is 6.60. The van der Waals surface area contributed by atoms with Gasteiger partial charge in [0.25, 0.3) is 5.24 Å². The highest BCUT2D eigenvalue weighted by molar-refractivity contribution is 6.67. The lowest BCUT2D eigenvalue weighted by atomic mass is 10.0. The Morgan fingerprint density at radius 1 is 1.28 bits per heavy atom. The topological polar surface area (TPSA) is 26.3 Å². The standard InChI is InChI=1S/C15H21ClO2/c1-3-5-6-12(4-2)11-18-14-9-7-13(8-10-14)15(16)17/h7-10,12H,3-6,11H2,1-2H3. The van der Waals surface area contributed by atoms with Crippen molar-refractivity contribution in [1.29, 1.82) is 0 Å². The minimum absolute atomic E-state index is 0.434. The van der Waals surface area contributed by atoms with Crippen LogP contribution in [0.4, 0.5) is 0 Å². The van der Waals surface area contributed by atoms with Crippen molar-refractivity contribution in [3.63, 3.8) is 0 Å². The first-order chi connectivity index (χ1) is 8.67. The predicted molar refractivity (Wildman–Crippen MR) is 75.4 cm³/mol. The predicted octanol–water partition coefficient (Wildman–Crippen LogP) is 4.66. The van der Waals surface area contributed by atoms with E-state index in [1.54, 1.807) is 24.3 Å². The molecule has 2 nitrogen and oxygen atoms in total. The van der Waals surface area contributed by atoms with E-state index in [-0.39, 0.29) is 0 Å². The van der Waals surface area contributed by atoms with Crippen LogP contribution >= 0.6 is 11.6 Å². The number of unbranched alkanes of at least 4 members (excludes halogenated alkanes) is 1. The van der Waals surface area contributed by atoms with Crippen LogP contribution in [0, 0.1) is 5.92 Å². The lowest BCUT2D eigenvalue weighted by Gasteiger charge is -2.15. The zero-order valence-corrected chi connectivity index (χ0v) is 11.9. The molecule has 100 valence electrons. The Balaban J connectivity index is 2.44. The van der Waals surface area contributed by atoms with Gasteiger partial charge in [0.05, 0.1) is 6.61 Å². The van der Waals surface area contributed by atoms with Gasteiger partial charge in [-0.15, -0.1) is 0 Å². The van der Waals surface area contributed by atoms with Crippen LogP contribution in [0.15, 0.2) is 24.3 Å². The van der Waals surface area contributed by atoms with Gasteiger partial charge in [0.15, 0.2) is 0 Å². The van der Waals surface area contributed by atoms with Crippen molar-refractivity contribution in [2.24, 2.45) is 5.92 Å². The van der Waals surface area contributed by atoms with Gasteiger partial charge in [-0.3, -0.25) is 4.79 Å². The Bertz CT molecular complexity index is 359. The molecule has 0 saturated heterocycles. The molecule has 0 aromatic heterocycles. The van der Waals surface area contributed by atoms with Crippen LogP contribution in [0.5, 0.6) is 5.75 Å². The van der Waals surface area contributed by atoms with E-state index in [2.05, 4.69) is 13.8 Å². The molecule has 1 atom stereocenters. The molecule has 0 heterocycles. The molecule has 18 heavy (non-hydrogen) atoms. The van der Waals surface area contributed by atoms with E-state index in [1.165, 1.54) is 19.3 Å². The van der Waals surface area contributed by atoms with E-state index in [0.717, 1.165) is 18.8 Å². The summed E-state index contributed by atoms with van der Waals surface area (Å²) in [5, 5.41) is -0.434. The van der Waals surface area contributed by atoms with Gasteiger partial charge in [-0.1, -0.05) is 33.1 Å². The van der Waals surface area contributed by atoms with Gasteiger partial charge in [0.2, 0.25) is 0 Å². The molecule has 1 rings (SSSR count). The molecule has 1 aromatic carbocycles. The highest BCUT2D eigenvalue weighted by Crippen LogP contribution is 2.17. The molecule has 0 saturated carbocycles. The largest absolute Gasteiger partial charge is 0.493 e. The molecule has 3 heteroatoms. The third kappa shape index (κ3) is 5.09. The van der Waals surface area contributed by atoms with Crippen LogP contribution < -0.4 is 4.74 Å². The summed E-state index contributed by atoms with van der Waals surface area (Å²) < 4.78 is 5.74. The Morgan fingerprint density at radius 2 is 1.94 bits per heavy atom. The molecular weight excluding hydrogens is 248 g/mol. The molecule has 0 aliphatic rings. The molecule has 0 fully saturated rings. The van der Waals surface area contributed by atoms with Crippen molar-refractivity contribution in [2.45, 2.75) is 39.5 Å². The summed E-state index contributed by atoms with van der Waals surface area (Å²) in [6.45, 7) is 5.14. The van der Waals surface area contributed by atoms with Crippen LogP contribution in [-0.2, 0) is 0 Å². The monoisotopic (exact) mass is 268 g/mol. The molecular formula is C15H21ClO2. The van der Waals surface area contributed by atoms with Crippen LogP contribution in [0.2, 0.25) is 0 Å². The summed E-state index contributed by atoms with van der Waals surface area (Å²) in [5.74, 6) is 1.41. The SMILES string of the molecule is CCCCC(CC)COc1ccc(C(=O)Cl)cc1. The molecule has 0 bridgehead atoms. The van der Waals surface area contributed by atoms with Crippen molar-refractivity contribution < 1.29 is 9.53 Å². The van der Waals surface area contributed by atoms with Gasteiger partial charge in [-0.25, -0.2) is 0 Å². The van der Waals surface area contributed by atoms with Crippen molar-refractivity contribution in [3.8, 4) is 5.75 Å². The highest BCUT2D eigenvalue weighted by atomic mass is 35.5. The number of hydrogen-bond donors (Lipinski definition) is 0. The average molecular weight is 269 g/mol. The Labute approximate surface area is 114 Å². The number of halogens is 1. The number of carbonyl (C=O) groups is 1. The Kier molecular flexibility index (Phi) is 6.81. The van der Waals surface area contributed by atoms with E-state index >= 15 is 0 Å². The normalized spacial score (nSPS) is 12.2. The van der Waals surface area contributed by atoms with Crippen molar-refractivity contribution in [3.05, 3.63) is 29.8 Å². The minimum Gasteiger partial charge on any atom is -0.493 e. The number of benzene rings is 1. The van der Waals surface area contributed by atoms with E-state index in [1.807, 2.05) is 0 Å². The third-order valence-corrected chi connectivity index (χ3v) is 3.33. The molecule has 0 aliphatic heterocycles. The van der Waals surface area contributed by atoms with Gasteiger partial charge in [-0.2, -0.15) is 0 Å². The summed E-state index contributed by atoms with van der Waals surface area (Å²) in [7, 11) is 0. The van der Waals surface area contributed by atoms with Gasteiger partial charge < -0.3 is 4.74 Å². The number of hydrogen-bond acceptors (Lipinski definition) is 2. The zero-order valence-electron chi connectivity index (χ0n) is 11.1. The first kappa shape index (κ1) is 15.0. The molecule has 0 aliphatic carbocycles. The molecule has 1 aromatic rings. The number of carbonyl (C=O) groups excluding carboxylic acids is 1. The van der Waals surface area contributed by atoms with Gasteiger partial charge >= 0.3 is 0 Å². The van der Waals surface area contributed by atoms with E-state index < -0.39 is 5.24 Å². The maximum absolute atomic E-state index is 10.9. The van der Waals surface area contributed by atoms with Crippen LogP contribution in [0.1, 0.15) is 49.9 Å². The molecule has 0 N–H and O–H groups in total. The molecule has 1 unspecified atom stereocenters. The van der Waals surface area contributed by atoms with Crippen LogP contribution in [0.3, 0.4) is 0 Å². The maximum Gasteiger partial charge on any atom is 0.252 e. The summed E-state index contributed by atoms with van der Waals surface area (Å²) in [6.07, 6.45) is 4.83.